The van der Waals surface area contributed by atoms with Gasteiger partial charge in [-0.1, -0.05) is 11.6 Å². The van der Waals surface area contributed by atoms with Crippen molar-refractivity contribution >= 4 is 45.6 Å². The van der Waals surface area contributed by atoms with Crippen LogP contribution in [0.4, 0.5) is 17.3 Å². The number of aryl methyl sites for hydroxylation is 1. The standard InChI is InChI=1S/C17H12N8O5/c1-8-2-3-12-11(4-8)14-16(19-12)20-17(23-21-14)22-18-7-9-5-10(24(27)28)6-13(15(9)26)25(29)30/h2-7,26H,1H3,(H2,19,20,22,23)/b18-7+. The van der Waals surface area contributed by atoms with Gasteiger partial charge in [-0.2, -0.15) is 10.1 Å². The molecule has 0 atom stereocenters. The van der Waals surface area contributed by atoms with E-state index in [0.717, 1.165) is 28.7 Å². The van der Waals surface area contributed by atoms with Crippen molar-refractivity contribution in [1.29, 1.82) is 0 Å². The van der Waals surface area contributed by atoms with E-state index in [1.807, 2.05) is 25.1 Å². The van der Waals surface area contributed by atoms with Crippen LogP contribution in [0.25, 0.3) is 22.1 Å². The molecule has 0 aliphatic rings. The fourth-order valence-corrected chi connectivity index (χ4v) is 2.86. The molecule has 0 radical (unpaired) electrons. The number of hydrogen-bond acceptors (Lipinski definition) is 10. The highest BCUT2D eigenvalue weighted by atomic mass is 16.6. The Kier molecular flexibility index (Phi) is 4.39. The number of nitrogens with zero attached hydrogens (tertiary/aromatic N) is 6. The Labute approximate surface area is 166 Å². The van der Waals surface area contributed by atoms with Crippen molar-refractivity contribution in [3.63, 3.8) is 0 Å². The summed E-state index contributed by atoms with van der Waals surface area (Å²) in [5, 5.41) is 44.6. The summed E-state index contributed by atoms with van der Waals surface area (Å²) in [4.78, 5) is 27.6. The predicted molar refractivity (Wildman–Crippen MR) is 107 cm³/mol. The van der Waals surface area contributed by atoms with Crippen LogP contribution in [0.3, 0.4) is 0 Å². The average Bonchev–Trinajstić information content (AvgIpc) is 3.05. The molecule has 2 heterocycles. The molecule has 0 aliphatic heterocycles. The minimum atomic E-state index is -0.925. The first-order chi connectivity index (χ1) is 14.3. The van der Waals surface area contributed by atoms with Gasteiger partial charge in [0, 0.05) is 17.0 Å². The third-order valence-corrected chi connectivity index (χ3v) is 4.25. The number of aromatic nitrogens is 4. The maximum atomic E-state index is 11.0. The molecule has 0 amide bonds. The molecule has 13 heteroatoms. The van der Waals surface area contributed by atoms with Crippen molar-refractivity contribution in [2.75, 3.05) is 5.43 Å². The Balaban J connectivity index is 1.64. The zero-order valence-corrected chi connectivity index (χ0v) is 15.2. The summed E-state index contributed by atoms with van der Waals surface area (Å²) in [6, 6.07) is 7.42. The Hall–Kier alpha value is -4.68. The Morgan fingerprint density at radius 3 is 2.70 bits per heavy atom. The van der Waals surface area contributed by atoms with Crippen molar-refractivity contribution < 1.29 is 15.0 Å². The van der Waals surface area contributed by atoms with E-state index >= 15 is 0 Å². The van der Waals surface area contributed by atoms with Gasteiger partial charge in [-0.05, 0) is 19.1 Å². The number of hydrogen-bond donors (Lipinski definition) is 3. The van der Waals surface area contributed by atoms with E-state index in [1.165, 1.54) is 0 Å². The van der Waals surface area contributed by atoms with Crippen LogP contribution in [0.2, 0.25) is 0 Å². The second-order valence-corrected chi connectivity index (χ2v) is 6.29. The first kappa shape index (κ1) is 18.7. The lowest BCUT2D eigenvalue weighted by molar-refractivity contribution is -0.394. The number of benzene rings is 2. The lowest BCUT2D eigenvalue weighted by atomic mass is 10.1. The molecule has 4 rings (SSSR count). The lowest BCUT2D eigenvalue weighted by Gasteiger charge is -2.01. The van der Waals surface area contributed by atoms with E-state index in [9.17, 15) is 25.3 Å². The number of aromatic amines is 1. The molecule has 3 N–H and O–H groups in total. The zero-order chi connectivity index (χ0) is 21.4. The molecule has 0 spiro atoms. The summed E-state index contributed by atoms with van der Waals surface area (Å²) in [6.45, 7) is 1.96. The van der Waals surface area contributed by atoms with Crippen molar-refractivity contribution in [2.45, 2.75) is 6.92 Å². The van der Waals surface area contributed by atoms with E-state index in [2.05, 4.69) is 30.7 Å². The fourth-order valence-electron chi connectivity index (χ4n) is 2.86. The number of phenols is 1. The largest absolute Gasteiger partial charge is 0.502 e. The SMILES string of the molecule is Cc1ccc2[nH]c3nc(N/N=C/c4cc([N+](=O)[O-])cc([N+](=O)[O-])c4O)nnc3c2c1. The molecule has 4 aromatic rings. The maximum absolute atomic E-state index is 11.0. The number of aromatic hydroxyl groups is 1. The summed E-state index contributed by atoms with van der Waals surface area (Å²) >= 11 is 0. The van der Waals surface area contributed by atoms with Gasteiger partial charge < -0.3 is 10.1 Å². The Morgan fingerprint density at radius 2 is 1.97 bits per heavy atom. The van der Waals surface area contributed by atoms with Crippen LogP contribution in [0.1, 0.15) is 11.1 Å². The van der Waals surface area contributed by atoms with Gasteiger partial charge in [0.1, 0.15) is 5.52 Å². The van der Waals surface area contributed by atoms with Gasteiger partial charge >= 0.3 is 5.69 Å². The molecule has 0 fully saturated rings. The third kappa shape index (κ3) is 3.30. The van der Waals surface area contributed by atoms with Crippen LogP contribution >= 0.6 is 0 Å². The number of rotatable bonds is 5. The number of fused-ring (bicyclic) bond motifs is 3. The van der Waals surface area contributed by atoms with Gasteiger partial charge in [0.2, 0.25) is 5.75 Å². The zero-order valence-electron chi connectivity index (χ0n) is 15.2. The number of non-ortho nitro benzene ring substituents is 1. The third-order valence-electron chi connectivity index (χ3n) is 4.25. The molecule has 13 nitrogen and oxygen atoms in total. The minimum Gasteiger partial charge on any atom is -0.502 e. The van der Waals surface area contributed by atoms with Crippen LogP contribution in [-0.4, -0.2) is 41.3 Å². The van der Waals surface area contributed by atoms with E-state index < -0.39 is 27.0 Å². The van der Waals surface area contributed by atoms with Crippen molar-refractivity contribution in [2.24, 2.45) is 5.10 Å². The number of nitrogens with one attached hydrogen (secondary N) is 2. The second kappa shape index (κ2) is 7.05. The molecule has 150 valence electrons. The lowest BCUT2D eigenvalue weighted by Crippen LogP contribution is -2.00. The Bertz CT molecular complexity index is 1360. The summed E-state index contributed by atoms with van der Waals surface area (Å²) in [6.07, 6.45) is 0.984. The predicted octanol–water partition coefficient (Wildman–Crippen LogP) is 2.78. The topological polar surface area (TPSA) is 185 Å². The number of nitro benzene ring substituents is 2. The molecular formula is C17H12N8O5. The molecule has 2 aromatic heterocycles. The summed E-state index contributed by atoms with van der Waals surface area (Å²) in [7, 11) is 0. The average molecular weight is 408 g/mol. The highest BCUT2D eigenvalue weighted by molar-refractivity contribution is 6.03. The van der Waals surface area contributed by atoms with E-state index in [0.29, 0.717) is 17.2 Å². The number of hydrazone groups is 1. The van der Waals surface area contributed by atoms with E-state index in [-0.39, 0.29) is 11.5 Å². The number of phenolic OH excluding ortho intramolecular Hbond substituents is 1. The van der Waals surface area contributed by atoms with Crippen LogP contribution in [0.5, 0.6) is 5.75 Å². The Morgan fingerprint density at radius 1 is 1.17 bits per heavy atom. The van der Waals surface area contributed by atoms with Gasteiger partial charge in [-0.25, -0.2) is 5.43 Å². The van der Waals surface area contributed by atoms with Crippen LogP contribution < -0.4 is 5.43 Å². The molecule has 0 bridgehead atoms. The first-order valence-electron chi connectivity index (χ1n) is 8.41. The minimum absolute atomic E-state index is 0.0152. The smallest absolute Gasteiger partial charge is 0.318 e. The van der Waals surface area contributed by atoms with Crippen LogP contribution in [0.15, 0.2) is 35.4 Å². The van der Waals surface area contributed by atoms with Crippen molar-refractivity contribution in [3.05, 3.63) is 61.7 Å². The number of nitro groups is 2. The molecule has 0 saturated carbocycles. The molecule has 0 saturated heterocycles. The molecule has 2 aromatic carbocycles. The molecule has 30 heavy (non-hydrogen) atoms. The normalized spacial score (nSPS) is 11.4. The van der Waals surface area contributed by atoms with Gasteiger partial charge in [0.15, 0.2) is 5.65 Å². The van der Waals surface area contributed by atoms with E-state index in [1.54, 1.807) is 0 Å². The van der Waals surface area contributed by atoms with Gasteiger partial charge in [0.05, 0.1) is 27.7 Å². The first-order valence-corrected chi connectivity index (χ1v) is 8.41. The molecule has 0 unspecified atom stereocenters. The van der Waals surface area contributed by atoms with Gasteiger partial charge in [-0.3, -0.25) is 20.2 Å². The highest BCUT2D eigenvalue weighted by Crippen LogP contribution is 2.33. The highest BCUT2D eigenvalue weighted by Gasteiger charge is 2.23. The maximum Gasteiger partial charge on any atom is 0.318 e. The van der Waals surface area contributed by atoms with E-state index in [4.69, 9.17) is 0 Å². The number of H-pyrrole nitrogens is 1. The quantitative estimate of drug-likeness (QED) is 0.253. The summed E-state index contributed by atoms with van der Waals surface area (Å²) in [5.74, 6) is -0.738. The number of anilines is 1. The van der Waals surface area contributed by atoms with Gasteiger partial charge in [-0.15, -0.1) is 10.2 Å². The second-order valence-electron chi connectivity index (χ2n) is 6.29. The molecular weight excluding hydrogens is 396 g/mol. The van der Waals surface area contributed by atoms with Crippen molar-refractivity contribution in [3.8, 4) is 5.75 Å². The van der Waals surface area contributed by atoms with Gasteiger partial charge in [0.25, 0.3) is 11.6 Å². The van der Waals surface area contributed by atoms with Crippen LogP contribution in [0, 0.1) is 27.2 Å². The van der Waals surface area contributed by atoms with Crippen LogP contribution in [-0.2, 0) is 0 Å². The summed E-state index contributed by atoms with van der Waals surface area (Å²) < 4.78 is 0. The summed E-state index contributed by atoms with van der Waals surface area (Å²) in [5.41, 5.74) is 3.83. The fraction of sp³-hybridized carbons (Fsp3) is 0.0588. The molecule has 0 aliphatic carbocycles. The monoisotopic (exact) mass is 408 g/mol. The van der Waals surface area contributed by atoms with Crippen molar-refractivity contribution in [1.82, 2.24) is 20.2 Å².